The molecule has 0 saturated carbocycles. The van der Waals surface area contributed by atoms with Crippen molar-refractivity contribution in [1.29, 1.82) is 0 Å². The third-order valence-electron chi connectivity index (χ3n) is 6.06. The van der Waals surface area contributed by atoms with Gasteiger partial charge in [-0.25, -0.2) is 4.39 Å². The lowest BCUT2D eigenvalue weighted by atomic mass is 10.0. The van der Waals surface area contributed by atoms with Crippen LogP contribution in [0.25, 0.3) is 0 Å². The average Bonchev–Trinajstić information content (AvgIpc) is 2.88. The van der Waals surface area contributed by atoms with Gasteiger partial charge in [0.05, 0.1) is 13.5 Å². The molecule has 35 heavy (non-hydrogen) atoms. The van der Waals surface area contributed by atoms with E-state index in [2.05, 4.69) is 5.32 Å². The molecule has 3 aromatic carbocycles. The van der Waals surface area contributed by atoms with Gasteiger partial charge < -0.3 is 15.0 Å². The SMILES string of the molecule is CC[C@H](C)NC(=O)[C@H](Cc1ccccc1)N(Cc1cccc(OC)c1)C(=O)Cc1ccccc1F. The zero-order chi connectivity index (χ0) is 25.2. The van der Waals surface area contributed by atoms with Crippen LogP contribution < -0.4 is 10.1 Å². The number of amides is 2. The highest BCUT2D eigenvalue weighted by Gasteiger charge is 2.31. The van der Waals surface area contributed by atoms with Crippen molar-refractivity contribution in [1.82, 2.24) is 10.2 Å². The van der Waals surface area contributed by atoms with Gasteiger partial charge in [0, 0.05) is 19.0 Å². The van der Waals surface area contributed by atoms with Gasteiger partial charge in [-0.2, -0.15) is 0 Å². The van der Waals surface area contributed by atoms with E-state index in [-0.39, 0.29) is 30.8 Å². The number of halogens is 1. The first-order valence-corrected chi connectivity index (χ1v) is 11.9. The maximum Gasteiger partial charge on any atom is 0.243 e. The van der Waals surface area contributed by atoms with Crippen LogP contribution in [0.15, 0.2) is 78.9 Å². The van der Waals surface area contributed by atoms with Crippen molar-refractivity contribution in [3.05, 3.63) is 101 Å². The van der Waals surface area contributed by atoms with Gasteiger partial charge in [0.1, 0.15) is 17.6 Å². The highest BCUT2D eigenvalue weighted by molar-refractivity contribution is 5.89. The number of carbonyl (C=O) groups excluding carboxylic acids is 2. The Labute approximate surface area is 206 Å². The monoisotopic (exact) mass is 476 g/mol. The fourth-order valence-corrected chi connectivity index (χ4v) is 3.87. The molecule has 0 aliphatic rings. The maximum absolute atomic E-state index is 14.4. The molecule has 0 bridgehead atoms. The Morgan fingerprint density at radius 2 is 1.66 bits per heavy atom. The molecule has 2 atom stereocenters. The quantitative estimate of drug-likeness (QED) is 0.427. The van der Waals surface area contributed by atoms with Crippen molar-refractivity contribution in [3.63, 3.8) is 0 Å². The second-order valence-electron chi connectivity index (χ2n) is 8.66. The molecule has 2 amide bonds. The van der Waals surface area contributed by atoms with Gasteiger partial charge in [-0.15, -0.1) is 0 Å². The molecule has 0 unspecified atom stereocenters. The number of hydrogen-bond acceptors (Lipinski definition) is 3. The Morgan fingerprint density at radius 3 is 2.34 bits per heavy atom. The van der Waals surface area contributed by atoms with Gasteiger partial charge in [0.25, 0.3) is 0 Å². The number of nitrogens with zero attached hydrogens (tertiary/aromatic N) is 1. The van der Waals surface area contributed by atoms with Crippen molar-refractivity contribution in [2.24, 2.45) is 0 Å². The van der Waals surface area contributed by atoms with Gasteiger partial charge in [-0.05, 0) is 48.2 Å². The molecule has 0 fully saturated rings. The van der Waals surface area contributed by atoms with Crippen LogP contribution in [0.3, 0.4) is 0 Å². The van der Waals surface area contributed by atoms with Gasteiger partial charge >= 0.3 is 0 Å². The summed E-state index contributed by atoms with van der Waals surface area (Å²) in [5.41, 5.74) is 2.06. The first-order valence-electron chi connectivity index (χ1n) is 11.9. The summed E-state index contributed by atoms with van der Waals surface area (Å²) in [7, 11) is 1.58. The van der Waals surface area contributed by atoms with Gasteiger partial charge in [-0.3, -0.25) is 9.59 Å². The van der Waals surface area contributed by atoms with Crippen molar-refractivity contribution in [3.8, 4) is 5.75 Å². The highest BCUT2D eigenvalue weighted by Crippen LogP contribution is 2.20. The summed E-state index contributed by atoms with van der Waals surface area (Å²) in [6.45, 7) is 4.12. The fourth-order valence-electron chi connectivity index (χ4n) is 3.87. The van der Waals surface area contributed by atoms with Crippen LogP contribution in [0.4, 0.5) is 4.39 Å². The molecule has 0 spiro atoms. The second-order valence-corrected chi connectivity index (χ2v) is 8.66. The molecular weight excluding hydrogens is 443 g/mol. The highest BCUT2D eigenvalue weighted by atomic mass is 19.1. The van der Waals surface area contributed by atoms with Gasteiger partial charge in [0.15, 0.2) is 0 Å². The van der Waals surface area contributed by atoms with Crippen LogP contribution in [0, 0.1) is 5.82 Å². The van der Waals surface area contributed by atoms with Crippen LogP contribution in [0.1, 0.15) is 37.0 Å². The summed E-state index contributed by atoms with van der Waals surface area (Å²) in [6, 6.07) is 22.4. The molecule has 0 aromatic heterocycles. The van der Waals surface area contributed by atoms with E-state index in [4.69, 9.17) is 4.74 Å². The third kappa shape index (κ3) is 7.41. The summed E-state index contributed by atoms with van der Waals surface area (Å²) in [6.07, 6.45) is 0.970. The zero-order valence-corrected chi connectivity index (χ0v) is 20.5. The number of nitrogens with one attached hydrogen (secondary N) is 1. The van der Waals surface area contributed by atoms with Crippen molar-refractivity contribution in [2.45, 2.75) is 51.7 Å². The smallest absolute Gasteiger partial charge is 0.243 e. The normalized spacial score (nSPS) is 12.5. The number of benzene rings is 3. The minimum atomic E-state index is -0.767. The van der Waals surface area contributed by atoms with E-state index in [0.717, 1.165) is 17.5 Å². The first-order chi connectivity index (χ1) is 16.9. The minimum Gasteiger partial charge on any atom is -0.497 e. The largest absolute Gasteiger partial charge is 0.497 e. The van der Waals surface area contributed by atoms with E-state index in [1.807, 2.05) is 68.4 Å². The summed E-state index contributed by atoms with van der Waals surface area (Å²) in [5, 5.41) is 3.04. The Kier molecular flexibility index (Phi) is 9.41. The van der Waals surface area contributed by atoms with Crippen LogP contribution in [-0.4, -0.2) is 35.9 Å². The number of rotatable bonds is 11. The summed E-state index contributed by atoms with van der Waals surface area (Å²) in [4.78, 5) is 28.7. The molecule has 0 aliphatic heterocycles. The Bertz CT molecular complexity index is 1120. The topological polar surface area (TPSA) is 58.6 Å². The van der Waals surface area contributed by atoms with Crippen LogP contribution in [-0.2, 0) is 29.0 Å². The lowest BCUT2D eigenvalue weighted by molar-refractivity contribution is -0.141. The third-order valence-corrected chi connectivity index (χ3v) is 6.06. The number of methoxy groups -OCH3 is 1. The van der Waals surface area contributed by atoms with Crippen molar-refractivity contribution >= 4 is 11.8 Å². The standard InChI is InChI=1S/C29H33FN2O3/c1-4-21(2)31-29(34)27(18-22-11-6-5-7-12-22)32(20-23-13-10-15-25(17-23)35-3)28(33)19-24-14-8-9-16-26(24)30/h5-17,21,27H,4,18-20H2,1-3H3,(H,31,34)/t21-,27-/m0/s1. The molecule has 0 radical (unpaired) electrons. The average molecular weight is 477 g/mol. The van der Waals surface area contributed by atoms with Crippen LogP contribution >= 0.6 is 0 Å². The van der Waals surface area contributed by atoms with E-state index >= 15 is 0 Å². The number of hydrogen-bond donors (Lipinski definition) is 1. The second kappa shape index (κ2) is 12.7. The fraction of sp³-hybridized carbons (Fsp3) is 0.310. The molecule has 0 heterocycles. The van der Waals surface area contributed by atoms with E-state index in [0.29, 0.717) is 17.7 Å². The molecule has 0 saturated heterocycles. The van der Waals surface area contributed by atoms with Crippen LogP contribution in [0.5, 0.6) is 5.75 Å². The summed E-state index contributed by atoms with van der Waals surface area (Å²) < 4.78 is 19.7. The lowest BCUT2D eigenvalue weighted by Crippen LogP contribution is -2.52. The predicted octanol–water partition coefficient (Wildman–Crippen LogP) is 4.93. The van der Waals surface area contributed by atoms with E-state index < -0.39 is 11.9 Å². The first kappa shape index (κ1) is 25.9. The molecule has 0 aliphatic carbocycles. The molecule has 5 nitrogen and oxygen atoms in total. The molecule has 184 valence electrons. The molecule has 1 N–H and O–H groups in total. The van der Waals surface area contributed by atoms with E-state index in [9.17, 15) is 14.0 Å². The minimum absolute atomic E-state index is 0.0406. The van der Waals surface area contributed by atoms with E-state index in [1.54, 1.807) is 30.2 Å². The number of carbonyl (C=O) groups is 2. The molecule has 3 aromatic rings. The van der Waals surface area contributed by atoms with Gasteiger partial charge in [0.2, 0.25) is 11.8 Å². The summed E-state index contributed by atoms with van der Waals surface area (Å²) >= 11 is 0. The maximum atomic E-state index is 14.4. The lowest BCUT2D eigenvalue weighted by Gasteiger charge is -2.32. The Hall–Kier alpha value is -3.67. The molecular formula is C29H33FN2O3. The van der Waals surface area contributed by atoms with E-state index in [1.165, 1.54) is 6.07 Å². The zero-order valence-electron chi connectivity index (χ0n) is 20.5. The van der Waals surface area contributed by atoms with Crippen molar-refractivity contribution < 1.29 is 18.7 Å². The molecule has 6 heteroatoms. The Morgan fingerprint density at radius 1 is 0.971 bits per heavy atom. The Balaban J connectivity index is 1.99. The molecule has 3 rings (SSSR count). The predicted molar refractivity (Wildman–Crippen MR) is 135 cm³/mol. The summed E-state index contributed by atoms with van der Waals surface area (Å²) in [5.74, 6) is -0.329. The van der Waals surface area contributed by atoms with Crippen LogP contribution in [0.2, 0.25) is 0 Å². The van der Waals surface area contributed by atoms with Gasteiger partial charge in [-0.1, -0.05) is 67.6 Å². The van der Waals surface area contributed by atoms with Crippen molar-refractivity contribution in [2.75, 3.05) is 7.11 Å². The number of ether oxygens (including phenoxy) is 1.